The highest BCUT2D eigenvalue weighted by atomic mass is 32.2. The number of pyridine rings is 1. The van der Waals surface area contributed by atoms with E-state index in [1.165, 1.54) is 6.08 Å². The first-order valence-electron chi connectivity index (χ1n) is 9.24. The van der Waals surface area contributed by atoms with E-state index < -0.39 is 0 Å². The van der Waals surface area contributed by atoms with Crippen LogP contribution in [0, 0.1) is 34.0 Å². The molecule has 1 aliphatic rings. The molecule has 0 N–H and O–H groups in total. The fourth-order valence-electron chi connectivity index (χ4n) is 3.20. The Morgan fingerprint density at radius 3 is 2.45 bits per heavy atom. The van der Waals surface area contributed by atoms with E-state index in [4.69, 9.17) is 4.74 Å². The largest absolute Gasteiger partial charge is 0.477 e. The van der Waals surface area contributed by atoms with Gasteiger partial charge in [-0.1, -0.05) is 30.3 Å². The van der Waals surface area contributed by atoms with Crippen LogP contribution in [-0.2, 0) is 0 Å². The zero-order valence-corrected chi connectivity index (χ0v) is 16.9. The van der Waals surface area contributed by atoms with Crippen LogP contribution in [0.5, 0.6) is 5.88 Å². The van der Waals surface area contributed by atoms with E-state index in [-0.39, 0.29) is 11.5 Å². The summed E-state index contributed by atoms with van der Waals surface area (Å²) in [5.41, 5.74) is 2.30. The Kier molecular flexibility index (Phi) is 6.74. The third kappa shape index (κ3) is 4.35. The van der Waals surface area contributed by atoms with E-state index in [2.05, 4.69) is 16.0 Å². The molecule has 0 saturated carbocycles. The summed E-state index contributed by atoms with van der Waals surface area (Å²) in [4.78, 5) is 6.80. The van der Waals surface area contributed by atoms with Gasteiger partial charge < -0.3 is 9.64 Å². The van der Waals surface area contributed by atoms with Gasteiger partial charge in [0, 0.05) is 35.7 Å². The van der Waals surface area contributed by atoms with Crippen LogP contribution < -0.4 is 9.64 Å². The van der Waals surface area contributed by atoms with Crippen LogP contribution in [0.1, 0.15) is 18.1 Å². The molecular weight excluding hydrogens is 382 g/mol. The van der Waals surface area contributed by atoms with Gasteiger partial charge in [0.1, 0.15) is 35.2 Å². The first-order chi connectivity index (χ1) is 14.2. The van der Waals surface area contributed by atoms with Crippen molar-refractivity contribution in [3.63, 3.8) is 0 Å². The maximum atomic E-state index is 9.92. The van der Waals surface area contributed by atoms with Crippen LogP contribution in [0.15, 0.2) is 35.9 Å². The lowest BCUT2D eigenvalue weighted by Crippen LogP contribution is -2.34. The van der Waals surface area contributed by atoms with Crippen molar-refractivity contribution in [1.29, 1.82) is 15.8 Å². The molecule has 6 nitrogen and oxygen atoms in total. The smallest absolute Gasteiger partial charge is 0.234 e. The molecular formula is C22H19N5OS. The third-order valence-electron chi connectivity index (χ3n) is 4.48. The summed E-state index contributed by atoms with van der Waals surface area (Å²) < 4.78 is 5.72. The van der Waals surface area contributed by atoms with E-state index >= 15 is 0 Å². The lowest BCUT2D eigenvalue weighted by atomic mass is 9.94. The van der Waals surface area contributed by atoms with E-state index in [1.54, 1.807) is 0 Å². The fraction of sp³-hybridized carbons (Fsp3) is 0.273. The first kappa shape index (κ1) is 20.3. The van der Waals surface area contributed by atoms with Crippen molar-refractivity contribution < 1.29 is 4.74 Å². The molecule has 0 bridgehead atoms. The van der Waals surface area contributed by atoms with Crippen molar-refractivity contribution in [3.8, 4) is 35.2 Å². The molecule has 0 aliphatic carbocycles. The van der Waals surface area contributed by atoms with Gasteiger partial charge in [-0.05, 0) is 18.6 Å². The van der Waals surface area contributed by atoms with Gasteiger partial charge >= 0.3 is 0 Å². The van der Waals surface area contributed by atoms with Crippen LogP contribution in [0.3, 0.4) is 0 Å². The number of hydrogen-bond donors (Lipinski definition) is 0. The number of ether oxygens (including phenoxy) is 1. The number of thioether (sulfide) groups is 1. The second-order valence-corrected chi connectivity index (χ2v) is 7.42. The average molecular weight is 401 g/mol. The van der Waals surface area contributed by atoms with Crippen molar-refractivity contribution in [3.05, 3.63) is 47.0 Å². The van der Waals surface area contributed by atoms with Crippen molar-refractivity contribution in [2.75, 3.05) is 36.1 Å². The molecule has 1 aromatic carbocycles. The molecule has 1 saturated heterocycles. The molecule has 0 radical (unpaired) electrons. The Morgan fingerprint density at radius 1 is 1.17 bits per heavy atom. The zero-order valence-electron chi connectivity index (χ0n) is 16.1. The molecule has 2 heterocycles. The predicted molar refractivity (Wildman–Crippen MR) is 114 cm³/mol. The number of allylic oxidation sites excluding steroid dienone is 1. The van der Waals surface area contributed by atoms with Gasteiger partial charge in [-0.3, -0.25) is 0 Å². The molecule has 1 aromatic heterocycles. The van der Waals surface area contributed by atoms with Crippen molar-refractivity contribution in [2.24, 2.45) is 0 Å². The normalized spacial score (nSPS) is 13.0. The molecule has 29 heavy (non-hydrogen) atoms. The fourth-order valence-corrected chi connectivity index (χ4v) is 4.11. The minimum Gasteiger partial charge on any atom is -0.477 e. The monoisotopic (exact) mass is 401 g/mol. The molecule has 144 valence electrons. The summed E-state index contributed by atoms with van der Waals surface area (Å²) >= 11 is 1.87. The van der Waals surface area contributed by atoms with Crippen LogP contribution in [0.4, 0.5) is 5.82 Å². The summed E-state index contributed by atoms with van der Waals surface area (Å²) in [7, 11) is 0. The summed E-state index contributed by atoms with van der Waals surface area (Å²) in [5, 5.41) is 28.6. The highest BCUT2D eigenvalue weighted by Gasteiger charge is 2.25. The quantitative estimate of drug-likeness (QED) is 0.698. The van der Waals surface area contributed by atoms with Crippen molar-refractivity contribution in [2.45, 2.75) is 6.92 Å². The van der Waals surface area contributed by atoms with Crippen molar-refractivity contribution in [1.82, 2.24) is 4.98 Å². The maximum Gasteiger partial charge on any atom is 0.234 e. The number of rotatable bonds is 5. The van der Waals surface area contributed by atoms with Crippen LogP contribution in [-0.4, -0.2) is 36.2 Å². The third-order valence-corrected chi connectivity index (χ3v) is 5.42. The molecule has 2 aromatic rings. The van der Waals surface area contributed by atoms with Crippen LogP contribution in [0.2, 0.25) is 0 Å². The topological polar surface area (TPSA) is 96.7 Å². The number of nitriles is 3. The number of aromatic nitrogens is 1. The second kappa shape index (κ2) is 9.64. The summed E-state index contributed by atoms with van der Waals surface area (Å²) in [6.07, 6.45) is 1.53. The Morgan fingerprint density at radius 2 is 1.86 bits per heavy atom. The lowest BCUT2D eigenvalue weighted by Gasteiger charge is -2.30. The van der Waals surface area contributed by atoms with Gasteiger partial charge in [0.25, 0.3) is 0 Å². The molecule has 0 spiro atoms. The minimum atomic E-state index is -0.0373. The van der Waals surface area contributed by atoms with Crippen LogP contribution >= 0.6 is 11.8 Å². The highest BCUT2D eigenvalue weighted by Crippen LogP contribution is 2.39. The Hall–Kier alpha value is -3.47. The number of nitrogens with zero attached hydrogens (tertiary/aromatic N) is 5. The molecule has 3 rings (SSSR count). The highest BCUT2D eigenvalue weighted by molar-refractivity contribution is 7.99. The van der Waals surface area contributed by atoms with Gasteiger partial charge in [-0.25, -0.2) is 0 Å². The number of anilines is 1. The Bertz CT molecular complexity index is 1020. The van der Waals surface area contributed by atoms with E-state index in [9.17, 15) is 15.8 Å². The molecule has 0 unspecified atom stereocenters. The SMILES string of the molecule is CCOc1nc(N2CCSCC2)c(C=C(C#N)C#N)c(-c2ccccc2)c1C#N. The summed E-state index contributed by atoms with van der Waals surface area (Å²) in [5.74, 6) is 2.82. The van der Waals surface area contributed by atoms with E-state index in [0.717, 1.165) is 30.2 Å². The second-order valence-electron chi connectivity index (χ2n) is 6.20. The predicted octanol–water partition coefficient (Wildman–Crippen LogP) is 4.00. The zero-order chi connectivity index (χ0) is 20.6. The van der Waals surface area contributed by atoms with Gasteiger partial charge in [0.15, 0.2) is 0 Å². The average Bonchev–Trinajstić information content (AvgIpc) is 2.78. The maximum absolute atomic E-state index is 9.92. The molecule has 1 fully saturated rings. The van der Waals surface area contributed by atoms with Gasteiger partial charge in [0.2, 0.25) is 5.88 Å². The van der Waals surface area contributed by atoms with E-state index in [1.807, 2.05) is 61.2 Å². The number of benzene rings is 1. The van der Waals surface area contributed by atoms with Gasteiger partial charge in [-0.15, -0.1) is 0 Å². The molecule has 1 aliphatic heterocycles. The van der Waals surface area contributed by atoms with Gasteiger partial charge in [0.05, 0.1) is 6.61 Å². The standard InChI is InChI=1S/C22H19N5OS/c1-2-28-22-19(15-25)20(17-6-4-3-5-7-17)18(12-16(13-23)14-24)21(26-22)27-8-10-29-11-9-27/h3-7,12H,2,8-11H2,1H3. The lowest BCUT2D eigenvalue weighted by molar-refractivity contribution is 0.326. The van der Waals surface area contributed by atoms with E-state index in [0.29, 0.717) is 29.1 Å². The Labute approximate surface area is 174 Å². The molecule has 0 amide bonds. The van der Waals surface area contributed by atoms with Gasteiger partial charge in [-0.2, -0.15) is 32.5 Å². The molecule has 0 atom stereocenters. The van der Waals surface area contributed by atoms with Crippen LogP contribution in [0.25, 0.3) is 17.2 Å². The Balaban J connectivity index is 2.40. The van der Waals surface area contributed by atoms with Crippen molar-refractivity contribution >= 4 is 23.7 Å². The summed E-state index contributed by atoms with van der Waals surface area (Å²) in [6, 6.07) is 15.5. The minimum absolute atomic E-state index is 0.0373. The molecule has 7 heteroatoms. The number of hydrogen-bond acceptors (Lipinski definition) is 7. The summed E-state index contributed by atoms with van der Waals surface area (Å²) in [6.45, 7) is 3.80. The first-order valence-corrected chi connectivity index (χ1v) is 10.4.